The molecule has 0 unspecified atom stereocenters. The van der Waals surface area contributed by atoms with E-state index >= 15 is 0 Å². The van der Waals surface area contributed by atoms with Crippen LogP contribution in [0.4, 0.5) is 4.39 Å². The maximum atomic E-state index is 12.5. The van der Waals surface area contributed by atoms with Crippen LogP contribution in [0.15, 0.2) is 24.3 Å². The van der Waals surface area contributed by atoms with Crippen molar-refractivity contribution in [3.8, 4) is 0 Å². The van der Waals surface area contributed by atoms with E-state index in [2.05, 4.69) is 0 Å². The molecule has 0 aliphatic carbocycles. The molecule has 0 heterocycles. The Morgan fingerprint density at radius 2 is 2.00 bits per heavy atom. The zero-order valence-corrected chi connectivity index (χ0v) is 9.10. The number of aliphatic carboxylic acids is 1. The Morgan fingerprint density at radius 3 is 2.60 bits per heavy atom. The molecule has 0 aromatic heterocycles. The van der Waals surface area contributed by atoms with Gasteiger partial charge in [0.25, 0.3) is 0 Å². The summed E-state index contributed by atoms with van der Waals surface area (Å²) < 4.78 is 12.5. The molecule has 4 heteroatoms. The molecule has 0 atom stereocenters. The number of thioether (sulfide) groups is 1. The SMILES string of the molecule is O=C(O)CCCSCc1ccc(F)cc1. The van der Waals surface area contributed by atoms with Crippen molar-refractivity contribution in [2.45, 2.75) is 18.6 Å². The standard InChI is InChI=1S/C11H13FO2S/c12-10-5-3-9(4-6-10)8-15-7-1-2-11(13)14/h3-6H,1-2,7-8H2,(H,13,14). The summed E-state index contributed by atoms with van der Waals surface area (Å²) in [5, 5.41) is 8.41. The number of halogens is 1. The number of hydrogen-bond donors (Lipinski definition) is 1. The minimum atomic E-state index is -0.752. The smallest absolute Gasteiger partial charge is 0.303 e. The third-order valence-electron chi connectivity index (χ3n) is 1.86. The number of benzene rings is 1. The van der Waals surface area contributed by atoms with Crippen molar-refractivity contribution >= 4 is 17.7 Å². The van der Waals surface area contributed by atoms with Gasteiger partial charge in [0.05, 0.1) is 0 Å². The van der Waals surface area contributed by atoms with Crippen LogP contribution >= 0.6 is 11.8 Å². The van der Waals surface area contributed by atoms with Crippen LogP contribution in [0.1, 0.15) is 18.4 Å². The Labute approximate surface area is 92.5 Å². The van der Waals surface area contributed by atoms with E-state index in [1.165, 1.54) is 12.1 Å². The van der Waals surface area contributed by atoms with Gasteiger partial charge in [-0.3, -0.25) is 4.79 Å². The number of rotatable bonds is 6. The first kappa shape index (κ1) is 12.0. The van der Waals surface area contributed by atoms with E-state index in [-0.39, 0.29) is 12.2 Å². The van der Waals surface area contributed by atoms with E-state index in [4.69, 9.17) is 5.11 Å². The van der Waals surface area contributed by atoms with Crippen molar-refractivity contribution in [3.63, 3.8) is 0 Å². The van der Waals surface area contributed by atoms with E-state index in [9.17, 15) is 9.18 Å². The average Bonchev–Trinajstić information content (AvgIpc) is 2.20. The largest absolute Gasteiger partial charge is 0.481 e. The molecule has 1 aromatic carbocycles. The lowest BCUT2D eigenvalue weighted by molar-refractivity contribution is -0.137. The normalized spacial score (nSPS) is 10.2. The monoisotopic (exact) mass is 228 g/mol. The van der Waals surface area contributed by atoms with Crippen molar-refractivity contribution in [1.29, 1.82) is 0 Å². The molecular weight excluding hydrogens is 215 g/mol. The summed E-state index contributed by atoms with van der Waals surface area (Å²) >= 11 is 1.67. The van der Waals surface area contributed by atoms with Crippen LogP contribution in [0.2, 0.25) is 0 Å². The first-order valence-electron chi connectivity index (χ1n) is 4.72. The van der Waals surface area contributed by atoms with Crippen molar-refractivity contribution in [2.24, 2.45) is 0 Å². The van der Waals surface area contributed by atoms with Crippen LogP contribution in [0.5, 0.6) is 0 Å². The summed E-state index contributed by atoms with van der Waals surface area (Å²) in [4.78, 5) is 10.2. The molecule has 1 rings (SSSR count). The molecule has 82 valence electrons. The van der Waals surface area contributed by atoms with Gasteiger partial charge in [0.1, 0.15) is 5.82 Å². The van der Waals surface area contributed by atoms with Gasteiger partial charge in [0.2, 0.25) is 0 Å². The molecule has 0 saturated carbocycles. The predicted octanol–water partition coefficient (Wildman–Crippen LogP) is 2.92. The van der Waals surface area contributed by atoms with Crippen molar-refractivity contribution in [3.05, 3.63) is 35.6 Å². The van der Waals surface area contributed by atoms with Gasteiger partial charge in [-0.2, -0.15) is 11.8 Å². The van der Waals surface area contributed by atoms with Crippen LogP contribution < -0.4 is 0 Å². The summed E-state index contributed by atoms with van der Waals surface area (Å²) in [5.74, 6) is 0.649. The van der Waals surface area contributed by atoms with Gasteiger partial charge in [-0.15, -0.1) is 0 Å². The van der Waals surface area contributed by atoms with Gasteiger partial charge in [-0.05, 0) is 29.9 Å². The van der Waals surface area contributed by atoms with Crippen LogP contribution in [-0.2, 0) is 10.5 Å². The minimum absolute atomic E-state index is 0.219. The molecule has 0 radical (unpaired) electrons. The van der Waals surface area contributed by atoms with E-state index in [0.29, 0.717) is 6.42 Å². The third kappa shape index (κ3) is 5.42. The molecule has 0 amide bonds. The highest BCUT2D eigenvalue weighted by Gasteiger charge is 1.98. The molecule has 0 fully saturated rings. The lowest BCUT2D eigenvalue weighted by atomic mass is 10.2. The molecule has 0 aliphatic heterocycles. The molecule has 1 aromatic rings. The van der Waals surface area contributed by atoms with Crippen LogP contribution in [-0.4, -0.2) is 16.8 Å². The Kier molecular flexibility index (Phi) is 5.18. The molecule has 15 heavy (non-hydrogen) atoms. The van der Waals surface area contributed by atoms with E-state index in [1.807, 2.05) is 0 Å². The minimum Gasteiger partial charge on any atom is -0.481 e. The Balaban J connectivity index is 2.15. The summed E-state index contributed by atoms with van der Waals surface area (Å²) in [5.41, 5.74) is 1.07. The summed E-state index contributed by atoms with van der Waals surface area (Å²) in [6.07, 6.45) is 0.900. The quantitative estimate of drug-likeness (QED) is 0.761. The van der Waals surface area contributed by atoms with Gasteiger partial charge >= 0.3 is 5.97 Å². The van der Waals surface area contributed by atoms with Gasteiger partial charge in [-0.1, -0.05) is 12.1 Å². The van der Waals surface area contributed by atoms with Crippen molar-refractivity contribution in [1.82, 2.24) is 0 Å². The van der Waals surface area contributed by atoms with Crippen molar-refractivity contribution < 1.29 is 14.3 Å². The lowest BCUT2D eigenvalue weighted by Crippen LogP contribution is -1.95. The zero-order valence-electron chi connectivity index (χ0n) is 8.28. The number of hydrogen-bond acceptors (Lipinski definition) is 2. The second-order valence-electron chi connectivity index (χ2n) is 3.18. The molecule has 2 nitrogen and oxygen atoms in total. The Bertz CT molecular complexity index is 311. The zero-order chi connectivity index (χ0) is 11.1. The second-order valence-corrected chi connectivity index (χ2v) is 4.28. The molecular formula is C11H13FO2S. The highest BCUT2D eigenvalue weighted by atomic mass is 32.2. The summed E-state index contributed by atoms with van der Waals surface area (Å²) in [6.45, 7) is 0. The number of carboxylic acids is 1. The van der Waals surface area contributed by atoms with Crippen LogP contribution in [0.3, 0.4) is 0 Å². The summed E-state index contributed by atoms with van der Waals surface area (Å²) in [6, 6.07) is 6.37. The third-order valence-corrected chi connectivity index (χ3v) is 2.98. The Hall–Kier alpha value is -1.03. The average molecular weight is 228 g/mol. The van der Waals surface area contributed by atoms with Gasteiger partial charge < -0.3 is 5.11 Å². The number of carboxylic acid groups (broad SMARTS) is 1. The van der Waals surface area contributed by atoms with E-state index in [1.54, 1.807) is 23.9 Å². The summed E-state index contributed by atoms with van der Waals surface area (Å²) in [7, 11) is 0. The van der Waals surface area contributed by atoms with Crippen LogP contribution in [0, 0.1) is 5.82 Å². The van der Waals surface area contributed by atoms with Crippen molar-refractivity contribution in [2.75, 3.05) is 5.75 Å². The van der Waals surface area contributed by atoms with Gasteiger partial charge in [0.15, 0.2) is 0 Å². The maximum absolute atomic E-state index is 12.5. The fraction of sp³-hybridized carbons (Fsp3) is 0.364. The first-order chi connectivity index (χ1) is 7.18. The second kappa shape index (κ2) is 6.45. The molecule has 0 aliphatic rings. The van der Waals surface area contributed by atoms with Crippen LogP contribution in [0.25, 0.3) is 0 Å². The van der Waals surface area contributed by atoms with Gasteiger partial charge in [0, 0.05) is 12.2 Å². The molecule has 0 saturated heterocycles. The fourth-order valence-electron chi connectivity index (χ4n) is 1.10. The topological polar surface area (TPSA) is 37.3 Å². The Morgan fingerprint density at radius 1 is 1.33 bits per heavy atom. The maximum Gasteiger partial charge on any atom is 0.303 e. The van der Waals surface area contributed by atoms with Gasteiger partial charge in [-0.25, -0.2) is 4.39 Å². The molecule has 0 bridgehead atoms. The molecule has 1 N–H and O–H groups in total. The number of carbonyl (C=O) groups is 1. The van der Waals surface area contributed by atoms with E-state index in [0.717, 1.165) is 17.1 Å². The first-order valence-corrected chi connectivity index (χ1v) is 5.88. The fourth-order valence-corrected chi connectivity index (χ4v) is 2.02. The highest BCUT2D eigenvalue weighted by Crippen LogP contribution is 2.14. The lowest BCUT2D eigenvalue weighted by Gasteiger charge is -2.00. The highest BCUT2D eigenvalue weighted by molar-refractivity contribution is 7.98. The molecule has 0 spiro atoms. The predicted molar refractivity (Wildman–Crippen MR) is 59.4 cm³/mol. The van der Waals surface area contributed by atoms with E-state index < -0.39 is 5.97 Å².